The quantitative estimate of drug-likeness (QED) is 0.0456. The molecule has 11 N–H and O–H groups in total. The fourth-order valence-corrected chi connectivity index (χ4v) is 10.3. The molecule has 0 spiro atoms. The largest absolute Gasteiger partial charge is 0.506 e. The number of fused-ring (bicyclic) bond motifs is 2. The van der Waals surface area contributed by atoms with E-state index >= 15 is 0 Å². The molecule has 30 nitrogen and oxygen atoms in total. The van der Waals surface area contributed by atoms with Gasteiger partial charge >= 0.3 is 0 Å². The molecule has 0 atom stereocenters. The number of nitrogens with zero attached hydrogens (tertiary/aromatic N) is 7. The molecule has 7 aromatic rings. The molecule has 0 fully saturated rings. The second-order valence-corrected chi connectivity index (χ2v) is 23.0. The average molecular weight is 1130 g/mol. The summed E-state index contributed by atoms with van der Waals surface area (Å²) in [5, 5.41) is 49.5. The van der Waals surface area contributed by atoms with Gasteiger partial charge in [-0.2, -0.15) is 70.6 Å². The highest BCUT2D eigenvalue weighted by atomic mass is 35.5. The Balaban J connectivity index is 1.33. The van der Waals surface area contributed by atoms with Crippen molar-refractivity contribution in [1.29, 1.82) is 0 Å². The minimum atomic E-state index is -5.58. The summed E-state index contributed by atoms with van der Waals surface area (Å²) in [4.78, 5) is 4.87. The van der Waals surface area contributed by atoms with Crippen molar-refractivity contribution in [3.05, 3.63) is 84.1 Å². The number of hydrogen-bond acceptors (Lipinski definition) is 24. The SMILES string of the molecule is O=S(=O)(O)c1cccc(Nc2nc(Cl)nc(Nc3cc(N=Nc4c(S(=O)(=O)O)cc5c(N=Nc6c(S(=O)(=O)O)cc7cc(S(=O)(=O)O)cc(S(=O)(=O)O)c7c6O)c(O)ccc5c4O)cc(S(=O)(=O)O)c3)n2)c1. The summed E-state index contributed by atoms with van der Waals surface area (Å²) in [6, 6.07) is 10.3. The normalized spacial score (nSPS) is 13.1. The number of aromatic nitrogens is 3. The van der Waals surface area contributed by atoms with E-state index in [0.29, 0.717) is 24.3 Å². The summed E-state index contributed by atoms with van der Waals surface area (Å²) in [6.45, 7) is 0. The van der Waals surface area contributed by atoms with E-state index in [1.165, 1.54) is 12.1 Å². The molecule has 0 saturated heterocycles. The van der Waals surface area contributed by atoms with Crippen LogP contribution in [0.5, 0.6) is 17.2 Å². The molecule has 37 heteroatoms. The van der Waals surface area contributed by atoms with Gasteiger partial charge in [-0.25, -0.2) is 0 Å². The Morgan fingerprint density at radius 1 is 0.444 bits per heavy atom. The molecule has 1 aromatic heterocycles. The number of anilines is 4. The monoisotopic (exact) mass is 1130 g/mol. The van der Waals surface area contributed by atoms with Crippen LogP contribution in [0, 0.1) is 0 Å². The van der Waals surface area contributed by atoms with Gasteiger partial charge in [-0.1, -0.05) is 6.07 Å². The first-order chi connectivity index (χ1) is 33.1. The van der Waals surface area contributed by atoms with Crippen molar-refractivity contribution in [1.82, 2.24) is 15.0 Å². The van der Waals surface area contributed by atoms with E-state index in [9.17, 15) is 93.1 Å². The highest BCUT2D eigenvalue weighted by Crippen LogP contribution is 2.49. The Hall–Kier alpha value is -7.20. The molecule has 0 radical (unpaired) electrons. The van der Waals surface area contributed by atoms with Crippen molar-refractivity contribution in [3.63, 3.8) is 0 Å². The van der Waals surface area contributed by atoms with Gasteiger partial charge in [0.1, 0.15) is 37.5 Å². The summed E-state index contributed by atoms with van der Waals surface area (Å²) in [5.41, 5.74) is -4.21. The first kappa shape index (κ1) is 52.6. The Labute approximate surface area is 407 Å². The molecule has 0 bridgehead atoms. The molecular weight excluding hydrogens is 1110 g/mol. The Morgan fingerprint density at radius 3 is 1.54 bits per heavy atom. The van der Waals surface area contributed by atoms with Crippen LogP contribution >= 0.6 is 11.6 Å². The summed E-state index contributed by atoms with van der Waals surface area (Å²) in [6.07, 6.45) is 0. The average Bonchev–Trinajstić information content (AvgIpc) is 3.23. The van der Waals surface area contributed by atoms with Crippen molar-refractivity contribution < 1.29 is 93.1 Å². The van der Waals surface area contributed by atoms with Gasteiger partial charge in [0, 0.05) is 27.5 Å². The number of aromatic hydroxyl groups is 3. The molecule has 6 aromatic carbocycles. The predicted octanol–water partition coefficient (Wildman–Crippen LogP) is 5.75. The highest BCUT2D eigenvalue weighted by Gasteiger charge is 2.30. The van der Waals surface area contributed by atoms with Crippen LogP contribution in [0.15, 0.2) is 129 Å². The second kappa shape index (κ2) is 18.4. The van der Waals surface area contributed by atoms with E-state index in [1.807, 2.05) is 0 Å². The van der Waals surface area contributed by atoms with Crippen LogP contribution in [0.1, 0.15) is 0 Å². The summed E-state index contributed by atoms with van der Waals surface area (Å²) >= 11 is 6.04. The number of nitrogens with one attached hydrogen (secondary N) is 2. The lowest BCUT2D eigenvalue weighted by Gasteiger charge is -2.13. The van der Waals surface area contributed by atoms with Crippen molar-refractivity contribution in [2.24, 2.45) is 20.5 Å². The summed E-state index contributed by atoms with van der Waals surface area (Å²) in [5.74, 6) is -4.47. The van der Waals surface area contributed by atoms with Crippen LogP contribution in [-0.2, 0) is 60.7 Å². The molecule has 378 valence electrons. The first-order valence-electron chi connectivity index (χ1n) is 18.3. The maximum Gasteiger partial charge on any atom is 0.296 e. The predicted molar refractivity (Wildman–Crippen MR) is 244 cm³/mol. The van der Waals surface area contributed by atoms with Gasteiger partial charge in [-0.05, 0) is 89.8 Å². The van der Waals surface area contributed by atoms with Crippen LogP contribution in [0.2, 0.25) is 5.28 Å². The molecule has 0 aliphatic heterocycles. The first-order valence-corrected chi connectivity index (χ1v) is 27.4. The number of phenolic OH excluding ortho intramolecular Hbond substituents is 3. The smallest absolute Gasteiger partial charge is 0.296 e. The number of rotatable bonds is 14. The third-order valence-corrected chi connectivity index (χ3v) is 14.7. The third-order valence-electron chi connectivity index (χ3n) is 9.36. The van der Waals surface area contributed by atoms with Crippen LogP contribution in [0.25, 0.3) is 21.5 Å². The lowest BCUT2D eigenvalue weighted by molar-refractivity contribution is 0.468. The minimum absolute atomic E-state index is 0.0331. The van der Waals surface area contributed by atoms with Crippen LogP contribution in [0.4, 0.5) is 46.0 Å². The van der Waals surface area contributed by atoms with Gasteiger partial charge in [0.2, 0.25) is 17.2 Å². The van der Waals surface area contributed by atoms with Crippen molar-refractivity contribution in [2.75, 3.05) is 10.6 Å². The third kappa shape index (κ3) is 11.3. The fraction of sp³-hybridized carbons (Fsp3) is 0. The van der Waals surface area contributed by atoms with E-state index in [4.69, 9.17) is 11.6 Å². The lowest BCUT2D eigenvalue weighted by Crippen LogP contribution is -2.06. The van der Waals surface area contributed by atoms with Gasteiger partial charge in [0.15, 0.2) is 11.5 Å². The zero-order valence-electron chi connectivity index (χ0n) is 34.4. The van der Waals surface area contributed by atoms with E-state index in [2.05, 4.69) is 46.0 Å². The number of halogens is 1. The van der Waals surface area contributed by atoms with E-state index < -0.39 is 163 Å². The maximum atomic E-state index is 12.8. The van der Waals surface area contributed by atoms with E-state index in [0.717, 1.165) is 36.4 Å². The Bertz CT molecular complexity index is 4280. The molecule has 0 aliphatic rings. The maximum absolute atomic E-state index is 12.8. The van der Waals surface area contributed by atoms with Crippen molar-refractivity contribution in [3.8, 4) is 17.2 Å². The molecule has 7 rings (SSSR count). The van der Waals surface area contributed by atoms with Crippen LogP contribution < -0.4 is 10.6 Å². The standard InChI is InChI=1S/C35H24ClN9O21S6/c36-33-39-34(37-15-2-1-3-18(9-15)67(49,50)51)41-35(40-33)38-16-8-17(11-20(10-16)69(55,56)57)42-44-29-26(72(64,65)66)13-22-21(31(29)47)4-5-23(46)28(22)43-45-30-25(71(61,62)63)7-14-6-19(68(52,53)54)12-24(70(58,59)60)27(14)32(30)48/h1-13,46-48H,(H,49,50,51)(H,52,53,54)(H,55,56,57)(H,58,59,60)(H,61,62,63)(H,64,65,66)(H2,37,38,39,40,41). The number of benzene rings is 6. The second-order valence-electron chi connectivity index (χ2n) is 14.2. The zero-order chi connectivity index (χ0) is 53.3. The van der Waals surface area contributed by atoms with Crippen molar-refractivity contribution >= 4 is 140 Å². The molecule has 0 amide bonds. The topological polar surface area (TPSA) is 499 Å². The fourth-order valence-electron chi connectivity index (χ4n) is 6.38. The minimum Gasteiger partial charge on any atom is -0.506 e. The Kier molecular flexibility index (Phi) is 13.5. The Morgan fingerprint density at radius 2 is 0.958 bits per heavy atom. The van der Waals surface area contributed by atoms with Crippen LogP contribution in [0.3, 0.4) is 0 Å². The number of azo groups is 2. The summed E-state index contributed by atoms with van der Waals surface area (Å²) in [7, 11) is -31.7. The molecule has 1 heterocycles. The number of phenols is 3. The van der Waals surface area contributed by atoms with E-state index in [1.54, 1.807) is 0 Å². The molecule has 72 heavy (non-hydrogen) atoms. The lowest BCUT2D eigenvalue weighted by atomic mass is 10.1. The summed E-state index contributed by atoms with van der Waals surface area (Å²) < 4.78 is 206. The van der Waals surface area contributed by atoms with Gasteiger partial charge < -0.3 is 26.0 Å². The van der Waals surface area contributed by atoms with Gasteiger partial charge in [0.25, 0.3) is 60.7 Å². The highest BCUT2D eigenvalue weighted by molar-refractivity contribution is 7.87. The van der Waals surface area contributed by atoms with Gasteiger partial charge in [-0.3, -0.25) is 27.3 Å². The molecule has 0 unspecified atom stereocenters. The van der Waals surface area contributed by atoms with Crippen molar-refractivity contribution in [2.45, 2.75) is 29.4 Å². The molecule has 0 aliphatic carbocycles. The molecule has 0 saturated carbocycles. The molecular formula is C35H24ClN9O21S6. The zero-order valence-corrected chi connectivity index (χ0v) is 40.0. The van der Waals surface area contributed by atoms with Gasteiger partial charge in [-0.15, -0.1) is 15.3 Å². The van der Waals surface area contributed by atoms with Gasteiger partial charge in [0.05, 0.1) is 20.4 Å². The van der Waals surface area contributed by atoms with Crippen LogP contribution in [-0.4, -0.2) is 108 Å². The number of hydrogen-bond donors (Lipinski definition) is 11. The van der Waals surface area contributed by atoms with E-state index in [-0.39, 0.29) is 23.4 Å².